The topological polar surface area (TPSA) is 63.2 Å². The van der Waals surface area contributed by atoms with E-state index in [0.717, 1.165) is 13.0 Å². The van der Waals surface area contributed by atoms with Crippen molar-refractivity contribution in [1.82, 2.24) is 10.3 Å². The van der Waals surface area contributed by atoms with Crippen LogP contribution in [0.2, 0.25) is 0 Å². The van der Waals surface area contributed by atoms with E-state index in [4.69, 9.17) is 4.74 Å². The van der Waals surface area contributed by atoms with Crippen LogP contribution in [0.4, 0.5) is 5.82 Å². The molecule has 1 amide bonds. The van der Waals surface area contributed by atoms with Crippen molar-refractivity contribution >= 4 is 11.7 Å². The molecule has 0 radical (unpaired) electrons. The second kappa shape index (κ2) is 4.94. The van der Waals surface area contributed by atoms with Gasteiger partial charge in [-0.05, 0) is 18.6 Å². The van der Waals surface area contributed by atoms with E-state index in [0.29, 0.717) is 18.1 Å². The van der Waals surface area contributed by atoms with E-state index in [-0.39, 0.29) is 11.9 Å². The van der Waals surface area contributed by atoms with Gasteiger partial charge in [-0.2, -0.15) is 0 Å². The summed E-state index contributed by atoms with van der Waals surface area (Å²) in [5, 5.41) is 5.79. The molecule has 1 aliphatic rings. The molecule has 1 atom stereocenters. The number of carbonyl (C=O) groups excluding carboxylic acids is 1. The third-order valence-electron chi connectivity index (χ3n) is 2.50. The molecule has 1 aromatic heterocycles. The fourth-order valence-corrected chi connectivity index (χ4v) is 1.61. The van der Waals surface area contributed by atoms with Gasteiger partial charge >= 0.3 is 0 Å². The van der Waals surface area contributed by atoms with Crippen molar-refractivity contribution in [2.75, 3.05) is 25.6 Å². The van der Waals surface area contributed by atoms with Crippen molar-refractivity contribution in [3.63, 3.8) is 0 Å². The van der Waals surface area contributed by atoms with Gasteiger partial charge in [0.25, 0.3) is 5.91 Å². The molecular weight excluding hydrogens is 206 g/mol. The molecule has 2 rings (SSSR count). The Balaban J connectivity index is 2.01. The van der Waals surface area contributed by atoms with Crippen LogP contribution in [0, 0.1) is 0 Å². The Morgan fingerprint density at radius 1 is 1.56 bits per heavy atom. The molecule has 1 fully saturated rings. The Labute approximate surface area is 94.2 Å². The predicted molar refractivity (Wildman–Crippen MR) is 60.5 cm³/mol. The first kappa shape index (κ1) is 10.9. The summed E-state index contributed by atoms with van der Waals surface area (Å²) in [6.07, 6.45) is 0.872. The van der Waals surface area contributed by atoms with Gasteiger partial charge in [-0.3, -0.25) is 4.79 Å². The lowest BCUT2D eigenvalue weighted by Crippen LogP contribution is -2.35. The number of anilines is 1. The lowest BCUT2D eigenvalue weighted by Gasteiger charge is -2.10. The number of hydrogen-bond donors (Lipinski definition) is 2. The van der Waals surface area contributed by atoms with Gasteiger partial charge < -0.3 is 15.4 Å². The van der Waals surface area contributed by atoms with E-state index in [2.05, 4.69) is 15.6 Å². The molecule has 5 nitrogen and oxygen atoms in total. The molecule has 0 saturated carbocycles. The molecule has 5 heteroatoms. The van der Waals surface area contributed by atoms with Gasteiger partial charge in [0.2, 0.25) is 0 Å². The first-order valence-corrected chi connectivity index (χ1v) is 5.33. The van der Waals surface area contributed by atoms with Gasteiger partial charge in [0.1, 0.15) is 11.5 Å². The predicted octanol–water partition coefficient (Wildman–Crippen LogP) is 0.642. The maximum Gasteiger partial charge on any atom is 0.270 e. The summed E-state index contributed by atoms with van der Waals surface area (Å²) in [4.78, 5) is 16.0. The van der Waals surface area contributed by atoms with Crippen LogP contribution in [0.25, 0.3) is 0 Å². The largest absolute Gasteiger partial charge is 0.379 e. The summed E-state index contributed by atoms with van der Waals surface area (Å²) in [7, 11) is 1.77. The lowest BCUT2D eigenvalue weighted by molar-refractivity contribution is 0.0925. The molecular formula is C11H15N3O2. The number of amides is 1. The second-order valence-corrected chi connectivity index (χ2v) is 3.69. The van der Waals surface area contributed by atoms with Crippen molar-refractivity contribution in [3.05, 3.63) is 23.9 Å². The molecule has 1 saturated heterocycles. The summed E-state index contributed by atoms with van der Waals surface area (Å²) in [5.74, 6) is 0.544. The van der Waals surface area contributed by atoms with Crippen molar-refractivity contribution in [2.45, 2.75) is 12.5 Å². The summed E-state index contributed by atoms with van der Waals surface area (Å²) in [6.45, 7) is 1.31. The highest BCUT2D eigenvalue weighted by Gasteiger charge is 2.19. The van der Waals surface area contributed by atoms with E-state index in [1.54, 1.807) is 19.2 Å². The fourth-order valence-electron chi connectivity index (χ4n) is 1.61. The standard InChI is InChI=1S/C11H15N3O2/c1-12-10-4-2-3-9(14-10)11(15)13-8-5-6-16-7-8/h2-4,8H,5-7H2,1H3,(H,12,14)(H,13,15). The Morgan fingerprint density at radius 3 is 3.12 bits per heavy atom. The maximum atomic E-state index is 11.8. The molecule has 2 heterocycles. The number of rotatable bonds is 3. The summed E-state index contributed by atoms with van der Waals surface area (Å²) in [6, 6.07) is 5.44. The van der Waals surface area contributed by atoms with E-state index >= 15 is 0 Å². The van der Waals surface area contributed by atoms with Crippen LogP contribution < -0.4 is 10.6 Å². The van der Waals surface area contributed by atoms with E-state index in [1.807, 2.05) is 6.07 Å². The summed E-state index contributed by atoms with van der Waals surface area (Å²) >= 11 is 0. The Hall–Kier alpha value is -1.62. The normalized spacial score (nSPS) is 19.4. The SMILES string of the molecule is CNc1cccc(C(=O)NC2CCOC2)n1. The average molecular weight is 221 g/mol. The zero-order valence-corrected chi connectivity index (χ0v) is 9.19. The van der Waals surface area contributed by atoms with Crippen molar-refractivity contribution < 1.29 is 9.53 Å². The van der Waals surface area contributed by atoms with Crippen molar-refractivity contribution in [2.24, 2.45) is 0 Å². The minimum atomic E-state index is -0.146. The number of ether oxygens (including phenoxy) is 1. The molecule has 2 N–H and O–H groups in total. The van der Waals surface area contributed by atoms with Gasteiger partial charge in [0, 0.05) is 13.7 Å². The monoisotopic (exact) mass is 221 g/mol. The maximum absolute atomic E-state index is 11.8. The van der Waals surface area contributed by atoms with Crippen LogP contribution in [0.5, 0.6) is 0 Å². The van der Waals surface area contributed by atoms with Gasteiger partial charge in [-0.15, -0.1) is 0 Å². The molecule has 0 spiro atoms. The number of carbonyl (C=O) groups is 1. The minimum Gasteiger partial charge on any atom is -0.379 e. The van der Waals surface area contributed by atoms with Gasteiger partial charge in [-0.1, -0.05) is 6.07 Å². The van der Waals surface area contributed by atoms with Crippen molar-refractivity contribution in [3.8, 4) is 0 Å². The van der Waals surface area contributed by atoms with Crippen LogP contribution in [0.15, 0.2) is 18.2 Å². The highest BCUT2D eigenvalue weighted by atomic mass is 16.5. The number of nitrogens with one attached hydrogen (secondary N) is 2. The van der Waals surface area contributed by atoms with Gasteiger partial charge in [-0.25, -0.2) is 4.98 Å². The lowest BCUT2D eigenvalue weighted by atomic mass is 10.2. The third-order valence-corrected chi connectivity index (χ3v) is 2.50. The Kier molecular flexibility index (Phi) is 3.36. The molecule has 1 aliphatic heterocycles. The number of aromatic nitrogens is 1. The number of hydrogen-bond acceptors (Lipinski definition) is 4. The van der Waals surface area contributed by atoms with Crippen molar-refractivity contribution in [1.29, 1.82) is 0 Å². The highest BCUT2D eigenvalue weighted by molar-refractivity contribution is 5.92. The van der Waals surface area contributed by atoms with E-state index in [9.17, 15) is 4.79 Å². The van der Waals surface area contributed by atoms with Crippen LogP contribution in [0.1, 0.15) is 16.9 Å². The Bertz CT molecular complexity index is 375. The number of pyridine rings is 1. The minimum absolute atomic E-state index is 0.118. The Morgan fingerprint density at radius 2 is 2.44 bits per heavy atom. The number of nitrogens with zero attached hydrogens (tertiary/aromatic N) is 1. The fraction of sp³-hybridized carbons (Fsp3) is 0.455. The van der Waals surface area contributed by atoms with E-state index < -0.39 is 0 Å². The molecule has 0 aliphatic carbocycles. The summed E-state index contributed by atoms with van der Waals surface area (Å²) in [5.41, 5.74) is 0.429. The third kappa shape index (κ3) is 2.49. The second-order valence-electron chi connectivity index (χ2n) is 3.69. The van der Waals surface area contributed by atoms with Crippen LogP contribution in [-0.4, -0.2) is 37.2 Å². The zero-order chi connectivity index (χ0) is 11.4. The average Bonchev–Trinajstić information content (AvgIpc) is 2.82. The van der Waals surface area contributed by atoms with E-state index in [1.165, 1.54) is 0 Å². The summed E-state index contributed by atoms with van der Waals surface area (Å²) < 4.78 is 5.19. The molecule has 86 valence electrons. The first-order valence-electron chi connectivity index (χ1n) is 5.33. The van der Waals surface area contributed by atoms with Gasteiger partial charge in [0.05, 0.1) is 12.6 Å². The van der Waals surface area contributed by atoms with Crippen LogP contribution >= 0.6 is 0 Å². The highest BCUT2D eigenvalue weighted by Crippen LogP contribution is 2.07. The van der Waals surface area contributed by atoms with Gasteiger partial charge in [0.15, 0.2) is 0 Å². The quantitative estimate of drug-likeness (QED) is 0.786. The molecule has 0 bridgehead atoms. The molecule has 1 aromatic rings. The molecule has 0 aromatic carbocycles. The smallest absolute Gasteiger partial charge is 0.270 e. The van der Waals surface area contributed by atoms with Crippen LogP contribution in [0.3, 0.4) is 0 Å². The van der Waals surface area contributed by atoms with Crippen LogP contribution in [-0.2, 0) is 4.74 Å². The first-order chi connectivity index (χ1) is 7.79. The molecule has 16 heavy (non-hydrogen) atoms. The zero-order valence-electron chi connectivity index (χ0n) is 9.19. The molecule has 1 unspecified atom stereocenters.